The number of nitrogens with zero attached hydrogens (tertiary/aromatic N) is 2. The summed E-state index contributed by atoms with van der Waals surface area (Å²) in [5.41, 5.74) is 2.46. The summed E-state index contributed by atoms with van der Waals surface area (Å²) in [6.45, 7) is 14.6. The minimum atomic E-state index is -0.341. The average molecular weight is 318 g/mol. The molecule has 1 aromatic rings. The quantitative estimate of drug-likeness (QED) is 0.473. The van der Waals surface area contributed by atoms with Gasteiger partial charge in [-0.15, -0.1) is 0 Å². The number of hydrogen-bond donors (Lipinski definition) is 0. The molecule has 0 aromatic carbocycles. The Kier molecular flexibility index (Phi) is 7.79. The van der Waals surface area contributed by atoms with Gasteiger partial charge in [-0.1, -0.05) is 46.8 Å². The Bertz CT molecular complexity index is 558. The van der Waals surface area contributed by atoms with Crippen molar-refractivity contribution in [3.05, 3.63) is 36.4 Å². The first kappa shape index (κ1) is 19.2. The molecule has 4 heteroatoms. The summed E-state index contributed by atoms with van der Waals surface area (Å²) in [6, 6.07) is 0. The van der Waals surface area contributed by atoms with E-state index in [-0.39, 0.29) is 11.9 Å². The number of esters is 1. The van der Waals surface area contributed by atoms with E-state index in [1.54, 1.807) is 12.4 Å². The maximum absolute atomic E-state index is 12.3. The van der Waals surface area contributed by atoms with Gasteiger partial charge in [0.25, 0.3) is 0 Å². The van der Waals surface area contributed by atoms with Crippen LogP contribution >= 0.6 is 0 Å². The van der Waals surface area contributed by atoms with Gasteiger partial charge in [0.2, 0.25) is 0 Å². The molecule has 4 nitrogen and oxygen atoms in total. The van der Waals surface area contributed by atoms with E-state index in [1.165, 1.54) is 0 Å². The van der Waals surface area contributed by atoms with E-state index in [0.29, 0.717) is 18.2 Å². The molecule has 0 spiro atoms. The van der Waals surface area contributed by atoms with Crippen molar-refractivity contribution >= 4 is 11.7 Å². The molecule has 128 valence electrons. The second-order valence-corrected chi connectivity index (χ2v) is 5.97. The molecule has 0 aliphatic carbocycles. The summed E-state index contributed by atoms with van der Waals surface area (Å²) in [5, 5.41) is 0. The van der Waals surface area contributed by atoms with E-state index in [2.05, 4.69) is 39.3 Å². The average Bonchev–Trinajstić information content (AvgIpc) is 2.97. The van der Waals surface area contributed by atoms with E-state index in [1.807, 2.05) is 17.6 Å². The van der Waals surface area contributed by atoms with Crippen molar-refractivity contribution in [2.45, 2.75) is 59.8 Å². The standard InChI is InChI=1S/C19H30N2O2/c1-7-11-16(9-3)21-13-20-17(19(22)23-10-4)18(21)15(6)12-14(5)8-2/h7,11,13-15H,1,8-10,12H2,2-6H3/b16-11+/t14?,15-/m0/s1. The zero-order valence-electron chi connectivity index (χ0n) is 15.1. The number of carbonyl (C=O) groups excluding carboxylic acids is 1. The topological polar surface area (TPSA) is 44.1 Å². The number of ether oxygens (including phenoxy) is 1. The van der Waals surface area contributed by atoms with Crippen molar-refractivity contribution in [2.75, 3.05) is 6.61 Å². The van der Waals surface area contributed by atoms with Gasteiger partial charge in [-0.25, -0.2) is 9.78 Å². The van der Waals surface area contributed by atoms with Crippen LogP contribution in [-0.4, -0.2) is 22.1 Å². The number of imidazole rings is 1. The van der Waals surface area contributed by atoms with Gasteiger partial charge in [-0.2, -0.15) is 0 Å². The Labute approximate surface area is 140 Å². The molecule has 0 saturated heterocycles. The fourth-order valence-electron chi connectivity index (χ4n) is 2.80. The third-order valence-electron chi connectivity index (χ3n) is 4.17. The normalized spacial score (nSPS) is 14.4. The summed E-state index contributed by atoms with van der Waals surface area (Å²) < 4.78 is 7.21. The third kappa shape index (κ3) is 4.81. The first-order chi connectivity index (χ1) is 11.0. The molecule has 0 radical (unpaired) electrons. The maximum atomic E-state index is 12.3. The molecule has 0 fully saturated rings. The Morgan fingerprint density at radius 3 is 2.61 bits per heavy atom. The zero-order valence-corrected chi connectivity index (χ0v) is 15.1. The predicted octanol–water partition coefficient (Wildman–Crippen LogP) is 5.04. The van der Waals surface area contributed by atoms with Gasteiger partial charge in [0, 0.05) is 5.70 Å². The van der Waals surface area contributed by atoms with Crippen LogP contribution in [0.3, 0.4) is 0 Å². The van der Waals surface area contributed by atoms with Crippen molar-refractivity contribution < 1.29 is 9.53 Å². The van der Waals surface area contributed by atoms with E-state index in [9.17, 15) is 4.79 Å². The summed E-state index contributed by atoms with van der Waals surface area (Å²) in [5.74, 6) is 0.481. The van der Waals surface area contributed by atoms with Crippen LogP contribution in [0.1, 0.15) is 76.0 Å². The molecule has 0 bridgehead atoms. The summed E-state index contributed by atoms with van der Waals surface area (Å²) in [4.78, 5) is 16.6. The molecule has 0 saturated carbocycles. The molecule has 23 heavy (non-hydrogen) atoms. The number of carbonyl (C=O) groups is 1. The zero-order chi connectivity index (χ0) is 17.4. The molecular weight excluding hydrogens is 288 g/mol. The molecular formula is C19H30N2O2. The predicted molar refractivity (Wildman–Crippen MR) is 95.4 cm³/mol. The van der Waals surface area contributed by atoms with Crippen molar-refractivity contribution in [2.24, 2.45) is 5.92 Å². The maximum Gasteiger partial charge on any atom is 0.358 e. The van der Waals surface area contributed by atoms with Crippen LogP contribution in [0.25, 0.3) is 5.70 Å². The Balaban J connectivity index is 3.33. The number of rotatable bonds is 9. The molecule has 0 aliphatic rings. The summed E-state index contributed by atoms with van der Waals surface area (Å²) >= 11 is 0. The minimum Gasteiger partial charge on any atom is -0.461 e. The van der Waals surface area contributed by atoms with E-state index in [4.69, 9.17) is 4.74 Å². The smallest absolute Gasteiger partial charge is 0.358 e. The lowest BCUT2D eigenvalue weighted by Crippen LogP contribution is -2.14. The Morgan fingerprint density at radius 2 is 2.09 bits per heavy atom. The summed E-state index contributed by atoms with van der Waals surface area (Å²) in [7, 11) is 0. The molecule has 0 N–H and O–H groups in total. The number of aromatic nitrogens is 2. The summed E-state index contributed by atoms with van der Waals surface area (Å²) in [6.07, 6.45) is 8.44. The van der Waals surface area contributed by atoms with E-state index < -0.39 is 0 Å². The number of hydrogen-bond acceptors (Lipinski definition) is 3. The van der Waals surface area contributed by atoms with Crippen molar-refractivity contribution in [1.82, 2.24) is 9.55 Å². The lowest BCUT2D eigenvalue weighted by atomic mass is 9.91. The van der Waals surface area contributed by atoms with Crippen LogP contribution in [-0.2, 0) is 4.74 Å². The van der Waals surface area contributed by atoms with Crippen LogP contribution in [0.5, 0.6) is 0 Å². The van der Waals surface area contributed by atoms with Crippen LogP contribution < -0.4 is 0 Å². The largest absolute Gasteiger partial charge is 0.461 e. The molecule has 1 heterocycles. The molecule has 1 rings (SSSR count). The highest BCUT2D eigenvalue weighted by atomic mass is 16.5. The van der Waals surface area contributed by atoms with Gasteiger partial charge in [0.1, 0.15) is 6.33 Å². The van der Waals surface area contributed by atoms with Gasteiger partial charge in [-0.3, -0.25) is 0 Å². The second-order valence-electron chi connectivity index (χ2n) is 5.97. The lowest BCUT2D eigenvalue weighted by Gasteiger charge is -2.20. The highest BCUT2D eigenvalue weighted by Crippen LogP contribution is 2.30. The highest BCUT2D eigenvalue weighted by molar-refractivity contribution is 5.89. The van der Waals surface area contributed by atoms with Crippen LogP contribution in [0.2, 0.25) is 0 Å². The molecule has 2 atom stereocenters. The van der Waals surface area contributed by atoms with E-state index in [0.717, 1.165) is 30.7 Å². The molecule has 1 unspecified atom stereocenters. The number of allylic oxidation sites excluding steroid dienone is 3. The SMILES string of the molecule is C=C/C=C(\CC)n1cnc(C(=O)OCC)c1[C@@H](C)CC(C)CC. The molecule has 0 amide bonds. The second kappa shape index (κ2) is 9.33. The fraction of sp³-hybridized carbons (Fsp3) is 0.579. The van der Waals surface area contributed by atoms with Crippen molar-refractivity contribution in [1.29, 1.82) is 0 Å². The lowest BCUT2D eigenvalue weighted by molar-refractivity contribution is 0.0518. The highest BCUT2D eigenvalue weighted by Gasteiger charge is 2.25. The van der Waals surface area contributed by atoms with Crippen LogP contribution in [0.15, 0.2) is 25.1 Å². The van der Waals surface area contributed by atoms with Gasteiger partial charge >= 0.3 is 5.97 Å². The van der Waals surface area contributed by atoms with E-state index >= 15 is 0 Å². The Morgan fingerprint density at radius 1 is 1.39 bits per heavy atom. The van der Waals surface area contributed by atoms with Crippen molar-refractivity contribution in [3.8, 4) is 0 Å². The first-order valence-electron chi connectivity index (χ1n) is 8.56. The van der Waals surface area contributed by atoms with Gasteiger partial charge in [0.15, 0.2) is 5.69 Å². The van der Waals surface area contributed by atoms with Crippen molar-refractivity contribution in [3.63, 3.8) is 0 Å². The fourth-order valence-corrected chi connectivity index (χ4v) is 2.80. The minimum absolute atomic E-state index is 0.228. The van der Waals surface area contributed by atoms with Gasteiger partial charge < -0.3 is 9.30 Å². The molecule has 0 aliphatic heterocycles. The van der Waals surface area contributed by atoms with Gasteiger partial charge in [0.05, 0.1) is 12.3 Å². The first-order valence-corrected chi connectivity index (χ1v) is 8.56. The van der Waals surface area contributed by atoms with Gasteiger partial charge in [-0.05, 0) is 37.7 Å². The van der Waals surface area contributed by atoms with Crippen LogP contribution in [0.4, 0.5) is 0 Å². The third-order valence-corrected chi connectivity index (χ3v) is 4.17. The van der Waals surface area contributed by atoms with Crippen LogP contribution in [0, 0.1) is 5.92 Å². The monoisotopic (exact) mass is 318 g/mol. The Hall–Kier alpha value is -1.84. The molecule has 1 aromatic heterocycles.